The zero-order valence-corrected chi connectivity index (χ0v) is 15.5. The summed E-state index contributed by atoms with van der Waals surface area (Å²) in [5.41, 5.74) is 2.74. The fourth-order valence-electron chi connectivity index (χ4n) is 2.12. The van der Waals surface area contributed by atoms with Gasteiger partial charge in [0, 0.05) is 41.5 Å². The quantitative estimate of drug-likeness (QED) is 0.684. The Morgan fingerprint density at radius 1 is 0.962 bits per heavy atom. The van der Waals surface area contributed by atoms with Crippen molar-refractivity contribution in [2.75, 3.05) is 5.32 Å². The summed E-state index contributed by atoms with van der Waals surface area (Å²) in [5.74, 6) is 1.96. The van der Waals surface area contributed by atoms with Crippen LogP contribution in [-0.4, -0.2) is 21.4 Å². The van der Waals surface area contributed by atoms with Crippen LogP contribution in [0.1, 0.15) is 17.1 Å². The van der Waals surface area contributed by atoms with E-state index < -0.39 is 0 Å². The maximum absolute atomic E-state index is 9.93. The molecule has 0 aliphatic carbocycles. The number of nitrogens with one attached hydrogen (secondary N) is 1. The number of pyridine rings is 3. The Hall–Kier alpha value is -2.99. The summed E-state index contributed by atoms with van der Waals surface area (Å²) in [4.78, 5) is 22.2. The van der Waals surface area contributed by atoms with Crippen LogP contribution in [0.25, 0.3) is 0 Å². The van der Waals surface area contributed by atoms with Crippen LogP contribution in [0.2, 0.25) is 5.02 Å². The zero-order valence-electron chi connectivity index (χ0n) is 14.7. The molecule has 6 nitrogen and oxygen atoms in total. The van der Waals surface area contributed by atoms with Crippen LogP contribution in [0.4, 0.5) is 5.82 Å². The molecule has 3 aromatic rings. The molecular weight excluding hydrogens is 352 g/mol. The lowest BCUT2D eigenvalue weighted by Gasteiger charge is -2.06. The lowest BCUT2D eigenvalue weighted by molar-refractivity contribution is -0.105. The number of aromatic nitrogens is 3. The Labute approximate surface area is 157 Å². The van der Waals surface area contributed by atoms with E-state index in [1.165, 1.54) is 0 Å². The molecule has 1 amide bonds. The average Bonchev–Trinajstić information content (AvgIpc) is 2.55. The lowest BCUT2D eigenvalue weighted by Crippen LogP contribution is -1.96. The van der Waals surface area contributed by atoms with E-state index in [9.17, 15) is 4.79 Å². The molecule has 1 N–H and O–H groups in total. The Bertz CT molecular complexity index is 867. The van der Waals surface area contributed by atoms with Gasteiger partial charge in [0.05, 0.1) is 11.2 Å². The van der Waals surface area contributed by atoms with Crippen LogP contribution in [0, 0.1) is 20.8 Å². The molecule has 3 rings (SSSR count). The summed E-state index contributed by atoms with van der Waals surface area (Å²) in [6, 6.07) is 10.9. The van der Waals surface area contributed by atoms with E-state index in [1.807, 2.05) is 45.0 Å². The van der Waals surface area contributed by atoms with E-state index in [0.29, 0.717) is 23.0 Å². The fraction of sp³-hybridized carbons (Fsp3) is 0.158. The van der Waals surface area contributed by atoms with Gasteiger partial charge in [-0.2, -0.15) is 0 Å². The first-order chi connectivity index (χ1) is 12.5. The maximum atomic E-state index is 9.93. The van der Waals surface area contributed by atoms with Crippen molar-refractivity contribution in [1.82, 2.24) is 15.0 Å². The van der Waals surface area contributed by atoms with E-state index >= 15 is 0 Å². The van der Waals surface area contributed by atoms with Gasteiger partial charge in [-0.3, -0.25) is 14.8 Å². The van der Waals surface area contributed by atoms with Crippen LogP contribution in [0.15, 0.2) is 48.8 Å². The van der Waals surface area contributed by atoms with Crippen LogP contribution in [-0.2, 0) is 4.79 Å². The van der Waals surface area contributed by atoms with Gasteiger partial charge in [-0.15, -0.1) is 0 Å². The summed E-state index contributed by atoms with van der Waals surface area (Å²) in [5, 5.41) is 3.01. The van der Waals surface area contributed by atoms with Crippen molar-refractivity contribution < 1.29 is 9.53 Å². The molecule has 3 heterocycles. The van der Waals surface area contributed by atoms with Crippen molar-refractivity contribution in [2.45, 2.75) is 20.8 Å². The number of carbonyl (C=O) groups excluding carboxylic acids is 1. The summed E-state index contributed by atoms with van der Waals surface area (Å²) >= 11 is 5.82. The largest absolute Gasteiger partial charge is 0.456 e. The Morgan fingerprint density at radius 3 is 2.31 bits per heavy atom. The number of aryl methyl sites for hydroxylation is 3. The summed E-state index contributed by atoms with van der Waals surface area (Å²) in [6.45, 7) is 5.72. The molecule has 0 unspecified atom stereocenters. The second kappa shape index (κ2) is 9.48. The van der Waals surface area contributed by atoms with Crippen LogP contribution in [0.5, 0.6) is 11.5 Å². The van der Waals surface area contributed by atoms with Gasteiger partial charge in [0.15, 0.2) is 0 Å². The van der Waals surface area contributed by atoms with Gasteiger partial charge < -0.3 is 10.1 Å². The normalized spacial score (nSPS) is 9.69. The number of hydrogen-bond acceptors (Lipinski definition) is 5. The number of halogens is 1. The van der Waals surface area contributed by atoms with Gasteiger partial charge in [0.2, 0.25) is 6.41 Å². The van der Waals surface area contributed by atoms with Crippen LogP contribution >= 0.6 is 11.6 Å². The van der Waals surface area contributed by atoms with Crippen molar-refractivity contribution in [3.63, 3.8) is 0 Å². The molecule has 0 saturated carbocycles. The molecule has 0 atom stereocenters. The number of nitrogens with zero attached hydrogens (tertiary/aromatic N) is 3. The van der Waals surface area contributed by atoms with E-state index in [0.717, 1.165) is 22.8 Å². The van der Waals surface area contributed by atoms with Crippen molar-refractivity contribution in [2.24, 2.45) is 0 Å². The maximum Gasteiger partial charge on any atom is 0.212 e. The molecule has 0 spiro atoms. The zero-order chi connectivity index (χ0) is 18.9. The second-order valence-electron chi connectivity index (χ2n) is 5.45. The Balaban J connectivity index is 0.000000209. The fourth-order valence-corrected chi connectivity index (χ4v) is 2.29. The van der Waals surface area contributed by atoms with Gasteiger partial charge in [0.1, 0.15) is 17.3 Å². The van der Waals surface area contributed by atoms with Gasteiger partial charge in [0.25, 0.3) is 0 Å². The number of carbonyl (C=O) groups is 1. The van der Waals surface area contributed by atoms with Gasteiger partial charge in [-0.1, -0.05) is 17.7 Å². The number of amides is 1. The molecule has 0 fully saturated rings. The molecule has 0 radical (unpaired) electrons. The summed E-state index contributed by atoms with van der Waals surface area (Å²) in [6.07, 6.45) is 3.80. The van der Waals surface area contributed by atoms with E-state index in [-0.39, 0.29) is 0 Å². The highest BCUT2D eigenvalue weighted by Crippen LogP contribution is 2.23. The van der Waals surface area contributed by atoms with Crippen molar-refractivity contribution in [3.8, 4) is 11.5 Å². The third-order valence-corrected chi connectivity index (χ3v) is 3.27. The molecule has 0 bridgehead atoms. The lowest BCUT2D eigenvalue weighted by atomic mass is 10.3. The summed E-state index contributed by atoms with van der Waals surface area (Å²) < 4.78 is 5.63. The SMILES string of the molecule is Cc1cc(Oc2cncc(Cl)c2)cc(C)n1.Cc1cccc(NC=O)n1. The van der Waals surface area contributed by atoms with Crippen molar-refractivity contribution in [1.29, 1.82) is 0 Å². The van der Waals surface area contributed by atoms with Gasteiger partial charge >= 0.3 is 0 Å². The molecule has 26 heavy (non-hydrogen) atoms. The first-order valence-electron chi connectivity index (χ1n) is 7.84. The minimum Gasteiger partial charge on any atom is -0.456 e. The molecule has 0 saturated heterocycles. The third-order valence-electron chi connectivity index (χ3n) is 3.07. The van der Waals surface area contributed by atoms with Gasteiger partial charge in [-0.05, 0) is 32.9 Å². The van der Waals surface area contributed by atoms with E-state index in [4.69, 9.17) is 16.3 Å². The van der Waals surface area contributed by atoms with Crippen LogP contribution in [0.3, 0.4) is 0 Å². The minimum atomic E-state index is 0.556. The predicted molar refractivity (Wildman–Crippen MR) is 102 cm³/mol. The van der Waals surface area contributed by atoms with Crippen LogP contribution < -0.4 is 10.1 Å². The number of anilines is 1. The number of ether oxygens (including phenoxy) is 1. The van der Waals surface area contributed by atoms with E-state index in [1.54, 1.807) is 24.5 Å². The first kappa shape index (κ1) is 19.3. The number of rotatable bonds is 4. The molecule has 134 valence electrons. The molecule has 0 aromatic carbocycles. The van der Waals surface area contributed by atoms with Gasteiger partial charge in [-0.25, -0.2) is 4.98 Å². The highest BCUT2D eigenvalue weighted by molar-refractivity contribution is 6.30. The third kappa shape index (κ3) is 6.49. The molecular formula is C19H19ClN4O2. The molecule has 7 heteroatoms. The van der Waals surface area contributed by atoms with Crippen molar-refractivity contribution >= 4 is 23.8 Å². The summed E-state index contributed by atoms with van der Waals surface area (Å²) in [7, 11) is 0. The molecule has 3 aromatic heterocycles. The highest BCUT2D eigenvalue weighted by Gasteiger charge is 2.01. The average molecular weight is 371 g/mol. The minimum absolute atomic E-state index is 0.556. The highest BCUT2D eigenvalue weighted by atomic mass is 35.5. The predicted octanol–water partition coefficient (Wildman–Crippen LogP) is 4.50. The Kier molecular flexibility index (Phi) is 7.05. The van der Waals surface area contributed by atoms with Crippen molar-refractivity contribution in [3.05, 3.63) is 70.9 Å². The number of hydrogen-bond donors (Lipinski definition) is 1. The molecule has 0 aliphatic heterocycles. The second-order valence-corrected chi connectivity index (χ2v) is 5.89. The smallest absolute Gasteiger partial charge is 0.212 e. The van der Waals surface area contributed by atoms with E-state index in [2.05, 4.69) is 20.3 Å². The Morgan fingerprint density at radius 2 is 1.69 bits per heavy atom. The monoisotopic (exact) mass is 370 g/mol. The standard InChI is InChI=1S/C12H11ClN2O.C7H8N2O/c1-8-3-11(4-9(2)15-8)16-12-5-10(13)6-14-7-12;1-6-3-2-4-7(9-6)8-5-10/h3-7H,1-2H3;2-5H,1H3,(H,8,9,10). The first-order valence-corrected chi connectivity index (χ1v) is 8.21. The topological polar surface area (TPSA) is 77.0 Å². The molecule has 0 aliphatic rings.